The molecule has 2 atom stereocenters. The van der Waals surface area contributed by atoms with Crippen molar-refractivity contribution in [3.05, 3.63) is 101 Å². The van der Waals surface area contributed by atoms with Gasteiger partial charge >= 0.3 is 0 Å². The van der Waals surface area contributed by atoms with E-state index in [0.717, 1.165) is 19.5 Å². The number of nitrogens with one attached hydrogen (secondary N) is 1. The van der Waals surface area contributed by atoms with Gasteiger partial charge < -0.3 is 5.32 Å². The summed E-state index contributed by atoms with van der Waals surface area (Å²) in [7, 11) is 0. The lowest BCUT2D eigenvalue weighted by atomic mass is 9.88. The second-order valence-corrected chi connectivity index (χ2v) is 7.99. The van der Waals surface area contributed by atoms with Crippen molar-refractivity contribution in [1.82, 2.24) is 15.2 Å². The summed E-state index contributed by atoms with van der Waals surface area (Å²) in [6.45, 7) is 3.22. The van der Waals surface area contributed by atoms with E-state index in [4.69, 9.17) is 0 Å². The van der Waals surface area contributed by atoms with Gasteiger partial charge in [-0.05, 0) is 65.8 Å². The Hall–Kier alpha value is -2.49. The molecule has 3 aromatic rings. The lowest BCUT2D eigenvalue weighted by molar-refractivity contribution is 0.248. The van der Waals surface area contributed by atoms with Crippen molar-refractivity contribution in [2.24, 2.45) is 0 Å². The molecule has 3 heteroatoms. The molecule has 0 saturated carbocycles. The van der Waals surface area contributed by atoms with E-state index >= 15 is 0 Å². The summed E-state index contributed by atoms with van der Waals surface area (Å²) >= 11 is 0. The maximum absolute atomic E-state index is 4.15. The van der Waals surface area contributed by atoms with E-state index in [0.29, 0.717) is 12.1 Å². The SMILES string of the molecule is c1cc(C2NCCc3ccccc32)cc(C2CCCN2Cc2ccncc2)c1. The molecule has 28 heavy (non-hydrogen) atoms. The number of fused-ring (bicyclic) bond motifs is 1. The Kier molecular flexibility index (Phi) is 4.94. The number of rotatable bonds is 4. The summed E-state index contributed by atoms with van der Waals surface area (Å²) in [5.74, 6) is 0. The van der Waals surface area contributed by atoms with Crippen molar-refractivity contribution >= 4 is 0 Å². The molecule has 2 unspecified atom stereocenters. The van der Waals surface area contributed by atoms with Gasteiger partial charge in [-0.25, -0.2) is 0 Å². The average molecular weight is 370 g/mol. The molecule has 0 amide bonds. The fourth-order valence-electron chi connectivity index (χ4n) is 4.86. The van der Waals surface area contributed by atoms with Crippen LogP contribution in [0.5, 0.6) is 0 Å². The van der Waals surface area contributed by atoms with Crippen molar-refractivity contribution in [3.63, 3.8) is 0 Å². The molecular weight excluding hydrogens is 342 g/mol. The average Bonchev–Trinajstić information content (AvgIpc) is 3.22. The zero-order valence-electron chi connectivity index (χ0n) is 16.2. The summed E-state index contributed by atoms with van der Waals surface area (Å²) in [5, 5.41) is 3.74. The second kappa shape index (κ2) is 7.86. The quantitative estimate of drug-likeness (QED) is 0.725. The van der Waals surface area contributed by atoms with E-state index in [1.807, 2.05) is 12.4 Å². The van der Waals surface area contributed by atoms with Crippen LogP contribution in [0.15, 0.2) is 73.1 Å². The Morgan fingerprint density at radius 2 is 1.82 bits per heavy atom. The van der Waals surface area contributed by atoms with Gasteiger partial charge in [0.25, 0.3) is 0 Å². The highest BCUT2D eigenvalue weighted by atomic mass is 15.2. The Bertz CT molecular complexity index is 937. The fraction of sp³-hybridized carbons (Fsp3) is 0.320. The van der Waals surface area contributed by atoms with Crippen LogP contribution in [-0.2, 0) is 13.0 Å². The number of hydrogen-bond donors (Lipinski definition) is 1. The highest BCUT2D eigenvalue weighted by Crippen LogP contribution is 2.35. The van der Waals surface area contributed by atoms with E-state index < -0.39 is 0 Å². The highest BCUT2D eigenvalue weighted by Gasteiger charge is 2.27. The lowest BCUT2D eigenvalue weighted by Crippen LogP contribution is -2.30. The molecule has 5 rings (SSSR count). The highest BCUT2D eigenvalue weighted by molar-refractivity contribution is 5.41. The van der Waals surface area contributed by atoms with Crippen molar-refractivity contribution in [1.29, 1.82) is 0 Å². The minimum atomic E-state index is 0.306. The molecule has 0 aliphatic carbocycles. The van der Waals surface area contributed by atoms with Gasteiger partial charge in [0, 0.05) is 31.5 Å². The zero-order valence-corrected chi connectivity index (χ0v) is 16.2. The van der Waals surface area contributed by atoms with Crippen molar-refractivity contribution in [3.8, 4) is 0 Å². The fourth-order valence-corrected chi connectivity index (χ4v) is 4.86. The molecule has 0 bridgehead atoms. The summed E-state index contributed by atoms with van der Waals surface area (Å²) < 4.78 is 0. The maximum atomic E-state index is 4.15. The van der Waals surface area contributed by atoms with Gasteiger partial charge in [0.05, 0.1) is 6.04 Å². The molecule has 142 valence electrons. The van der Waals surface area contributed by atoms with Gasteiger partial charge in [-0.3, -0.25) is 9.88 Å². The number of nitrogens with zero attached hydrogens (tertiary/aromatic N) is 2. The summed E-state index contributed by atoms with van der Waals surface area (Å²) in [4.78, 5) is 6.78. The number of aromatic nitrogens is 1. The minimum absolute atomic E-state index is 0.306. The number of hydrogen-bond acceptors (Lipinski definition) is 3. The van der Waals surface area contributed by atoms with Crippen LogP contribution in [0.2, 0.25) is 0 Å². The molecule has 2 aliphatic rings. The summed E-state index contributed by atoms with van der Waals surface area (Å²) in [6, 6.07) is 23.2. The second-order valence-electron chi connectivity index (χ2n) is 7.99. The van der Waals surface area contributed by atoms with Gasteiger partial charge in [-0.2, -0.15) is 0 Å². The van der Waals surface area contributed by atoms with Crippen LogP contribution in [-0.4, -0.2) is 23.0 Å². The molecule has 2 aromatic carbocycles. The molecule has 0 radical (unpaired) electrons. The van der Waals surface area contributed by atoms with Crippen molar-refractivity contribution in [2.75, 3.05) is 13.1 Å². The number of pyridine rings is 1. The van der Waals surface area contributed by atoms with Crippen molar-refractivity contribution in [2.45, 2.75) is 37.9 Å². The molecule has 1 aromatic heterocycles. The Labute approximate surface area is 167 Å². The molecule has 3 nitrogen and oxygen atoms in total. The standard InChI is InChI=1S/C25H27N3/c1-2-8-23-20(5-1)12-15-27-25(23)22-7-3-6-21(17-22)24-9-4-16-28(24)18-19-10-13-26-14-11-19/h1-3,5-8,10-11,13-14,17,24-25,27H,4,9,12,15-16,18H2. The van der Waals surface area contributed by atoms with Gasteiger partial charge in [-0.1, -0.05) is 48.5 Å². The Morgan fingerprint density at radius 1 is 0.964 bits per heavy atom. The topological polar surface area (TPSA) is 28.2 Å². The maximum Gasteiger partial charge on any atom is 0.0579 e. The van der Waals surface area contributed by atoms with Crippen LogP contribution < -0.4 is 5.32 Å². The first-order valence-corrected chi connectivity index (χ1v) is 10.4. The zero-order chi connectivity index (χ0) is 18.8. The smallest absolute Gasteiger partial charge is 0.0579 e. The van der Waals surface area contributed by atoms with E-state index in [2.05, 4.69) is 75.9 Å². The van der Waals surface area contributed by atoms with Crippen LogP contribution >= 0.6 is 0 Å². The van der Waals surface area contributed by atoms with E-state index in [9.17, 15) is 0 Å². The van der Waals surface area contributed by atoms with Crippen LogP contribution in [0.25, 0.3) is 0 Å². The lowest BCUT2D eigenvalue weighted by Gasteiger charge is -2.29. The first-order chi connectivity index (χ1) is 13.9. The number of benzene rings is 2. The molecular formula is C25H27N3. The Morgan fingerprint density at radius 3 is 2.75 bits per heavy atom. The molecule has 2 aliphatic heterocycles. The molecule has 1 N–H and O–H groups in total. The van der Waals surface area contributed by atoms with Gasteiger partial charge in [0.15, 0.2) is 0 Å². The first-order valence-electron chi connectivity index (χ1n) is 10.4. The van der Waals surface area contributed by atoms with Crippen LogP contribution in [0.3, 0.4) is 0 Å². The predicted octanol–water partition coefficient (Wildman–Crippen LogP) is 4.65. The van der Waals surface area contributed by atoms with E-state index in [-0.39, 0.29) is 0 Å². The third-order valence-corrected chi connectivity index (χ3v) is 6.24. The predicted molar refractivity (Wildman–Crippen MR) is 113 cm³/mol. The third-order valence-electron chi connectivity index (χ3n) is 6.24. The minimum Gasteiger partial charge on any atom is -0.306 e. The van der Waals surface area contributed by atoms with Gasteiger partial charge in [-0.15, -0.1) is 0 Å². The monoisotopic (exact) mass is 369 g/mol. The first kappa shape index (κ1) is 17.6. The molecule has 1 saturated heterocycles. The van der Waals surface area contributed by atoms with Gasteiger partial charge in [0.1, 0.15) is 0 Å². The van der Waals surface area contributed by atoms with Crippen LogP contribution in [0, 0.1) is 0 Å². The van der Waals surface area contributed by atoms with Crippen LogP contribution in [0.4, 0.5) is 0 Å². The molecule has 1 fully saturated rings. The largest absolute Gasteiger partial charge is 0.306 e. The number of likely N-dealkylation sites (tertiary alicyclic amines) is 1. The molecule has 0 spiro atoms. The van der Waals surface area contributed by atoms with Crippen molar-refractivity contribution < 1.29 is 0 Å². The summed E-state index contributed by atoms with van der Waals surface area (Å²) in [6.07, 6.45) is 7.42. The van der Waals surface area contributed by atoms with E-state index in [1.165, 1.54) is 47.2 Å². The third kappa shape index (κ3) is 3.48. The van der Waals surface area contributed by atoms with Crippen LogP contribution in [0.1, 0.15) is 52.7 Å². The summed E-state index contributed by atoms with van der Waals surface area (Å²) in [5.41, 5.74) is 7.11. The van der Waals surface area contributed by atoms with E-state index in [1.54, 1.807) is 0 Å². The van der Waals surface area contributed by atoms with Gasteiger partial charge in [0.2, 0.25) is 0 Å². The Balaban J connectivity index is 1.41. The normalized spacial score (nSPS) is 22.1. The molecule has 3 heterocycles.